The lowest BCUT2D eigenvalue weighted by Gasteiger charge is -2.20. The van der Waals surface area contributed by atoms with Gasteiger partial charge in [-0.15, -0.1) is 0 Å². The third kappa shape index (κ3) is 6.55. The number of nitro groups is 1. The molecule has 0 aliphatic rings. The van der Waals surface area contributed by atoms with E-state index in [-0.39, 0.29) is 11.3 Å². The van der Waals surface area contributed by atoms with E-state index < -0.39 is 4.92 Å². The van der Waals surface area contributed by atoms with Crippen LogP contribution in [0.2, 0.25) is 0 Å². The molecule has 0 spiro atoms. The number of hydrogen-bond acceptors (Lipinski definition) is 5. The molecule has 0 aliphatic heterocycles. The molecule has 0 fully saturated rings. The first-order chi connectivity index (χ1) is 9.83. The summed E-state index contributed by atoms with van der Waals surface area (Å²) < 4.78 is 11.3. The van der Waals surface area contributed by atoms with Crippen molar-refractivity contribution in [3.05, 3.63) is 33.9 Å². The molecule has 1 aromatic carbocycles. The molecule has 1 aromatic rings. The summed E-state index contributed by atoms with van der Waals surface area (Å²) in [4.78, 5) is 10.4. The number of hydrogen-bond donors (Lipinski definition) is 1. The van der Waals surface area contributed by atoms with Crippen LogP contribution in [0, 0.1) is 10.1 Å². The van der Waals surface area contributed by atoms with E-state index in [2.05, 4.69) is 5.32 Å². The molecule has 0 unspecified atom stereocenters. The number of rotatable bonds is 8. The van der Waals surface area contributed by atoms with Crippen molar-refractivity contribution in [2.75, 3.05) is 19.8 Å². The topological polar surface area (TPSA) is 73.6 Å². The first-order valence-electron chi connectivity index (χ1n) is 7.08. The van der Waals surface area contributed by atoms with Gasteiger partial charge in [0.1, 0.15) is 12.4 Å². The zero-order valence-corrected chi connectivity index (χ0v) is 13.1. The highest BCUT2D eigenvalue weighted by Crippen LogP contribution is 2.24. The Labute approximate surface area is 125 Å². The van der Waals surface area contributed by atoms with E-state index in [1.165, 1.54) is 6.07 Å². The van der Waals surface area contributed by atoms with Gasteiger partial charge in [0, 0.05) is 24.2 Å². The van der Waals surface area contributed by atoms with Crippen molar-refractivity contribution < 1.29 is 14.4 Å². The molecule has 0 aromatic heterocycles. The normalized spacial score (nSPS) is 11.4. The fraction of sp³-hybridized carbons (Fsp3) is 0.600. The Bertz CT molecular complexity index is 469. The van der Waals surface area contributed by atoms with Gasteiger partial charge in [0.05, 0.1) is 17.1 Å². The Morgan fingerprint density at radius 1 is 1.29 bits per heavy atom. The summed E-state index contributed by atoms with van der Waals surface area (Å²) in [5.41, 5.74) is 0.647. The third-order valence-corrected chi connectivity index (χ3v) is 2.70. The first-order valence-corrected chi connectivity index (χ1v) is 7.08. The average molecular weight is 296 g/mol. The van der Waals surface area contributed by atoms with Crippen LogP contribution in [0.15, 0.2) is 18.2 Å². The molecule has 0 aliphatic carbocycles. The van der Waals surface area contributed by atoms with Crippen molar-refractivity contribution in [1.29, 1.82) is 0 Å². The molecule has 0 atom stereocenters. The molecule has 0 amide bonds. The second-order valence-corrected chi connectivity index (χ2v) is 5.64. The van der Waals surface area contributed by atoms with Gasteiger partial charge in [-0.2, -0.15) is 0 Å². The maximum Gasteiger partial charge on any atom is 0.270 e. The Kier molecular flexibility index (Phi) is 6.58. The summed E-state index contributed by atoms with van der Waals surface area (Å²) in [6.07, 6.45) is 0. The molecular formula is C15H24N2O4. The molecule has 0 saturated carbocycles. The van der Waals surface area contributed by atoms with Crippen molar-refractivity contribution in [3.8, 4) is 5.75 Å². The number of nitrogens with zero attached hydrogens (tertiary/aromatic N) is 1. The molecular weight excluding hydrogens is 272 g/mol. The fourth-order valence-electron chi connectivity index (χ4n) is 1.72. The minimum atomic E-state index is -0.401. The molecule has 1 N–H and O–H groups in total. The monoisotopic (exact) mass is 296 g/mol. The third-order valence-electron chi connectivity index (χ3n) is 2.70. The highest BCUT2D eigenvalue weighted by molar-refractivity contribution is 5.43. The first kappa shape index (κ1) is 17.4. The van der Waals surface area contributed by atoms with Crippen LogP contribution in [0.4, 0.5) is 5.69 Å². The zero-order valence-electron chi connectivity index (χ0n) is 13.1. The summed E-state index contributed by atoms with van der Waals surface area (Å²) in [6, 6.07) is 4.64. The zero-order chi connectivity index (χ0) is 15.9. The predicted molar refractivity (Wildman–Crippen MR) is 81.7 cm³/mol. The van der Waals surface area contributed by atoms with Gasteiger partial charge in [0.15, 0.2) is 0 Å². The van der Waals surface area contributed by atoms with E-state index >= 15 is 0 Å². The molecule has 0 heterocycles. The van der Waals surface area contributed by atoms with E-state index in [9.17, 15) is 10.1 Å². The van der Waals surface area contributed by atoms with Crippen LogP contribution in [0.25, 0.3) is 0 Å². The van der Waals surface area contributed by atoms with Crippen LogP contribution in [-0.4, -0.2) is 30.3 Å². The smallest absolute Gasteiger partial charge is 0.270 e. The Balaban J connectivity index is 2.68. The van der Waals surface area contributed by atoms with Crippen LogP contribution in [-0.2, 0) is 11.3 Å². The number of ether oxygens (including phenoxy) is 2. The molecule has 21 heavy (non-hydrogen) atoms. The standard InChI is InChI=1S/C15H24N2O4/c1-5-16-11-12-10-13(17(18)19)6-7-14(12)20-8-9-21-15(2,3)4/h6-7,10,16H,5,8-9,11H2,1-4H3. The summed E-state index contributed by atoms with van der Waals surface area (Å²) in [5.74, 6) is 0.652. The van der Waals surface area contributed by atoms with Gasteiger partial charge < -0.3 is 14.8 Å². The second-order valence-electron chi connectivity index (χ2n) is 5.64. The lowest BCUT2D eigenvalue weighted by atomic mass is 10.1. The van der Waals surface area contributed by atoms with Gasteiger partial charge in [-0.25, -0.2) is 0 Å². The van der Waals surface area contributed by atoms with Gasteiger partial charge in [-0.3, -0.25) is 10.1 Å². The Hall–Kier alpha value is -1.66. The van der Waals surface area contributed by atoms with E-state index in [1.54, 1.807) is 12.1 Å². The number of nitrogens with one attached hydrogen (secondary N) is 1. The maximum absolute atomic E-state index is 10.8. The SMILES string of the molecule is CCNCc1cc([N+](=O)[O-])ccc1OCCOC(C)(C)C. The number of non-ortho nitro benzene ring substituents is 1. The molecule has 0 radical (unpaired) electrons. The predicted octanol–water partition coefficient (Wildman–Crippen LogP) is 2.90. The quantitative estimate of drug-likeness (QED) is 0.453. The highest BCUT2D eigenvalue weighted by atomic mass is 16.6. The molecule has 0 saturated heterocycles. The van der Waals surface area contributed by atoms with Crippen LogP contribution in [0.5, 0.6) is 5.75 Å². The maximum atomic E-state index is 10.8. The molecule has 1 rings (SSSR count). The van der Waals surface area contributed by atoms with E-state index in [0.29, 0.717) is 25.5 Å². The second kappa shape index (κ2) is 7.95. The van der Waals surface area contributed by atoms with E-state index in [4.69, 9.17) is 9.47 Å². The fourth-order valence-corrected chi connectivity index (χ4v) is 1.72. The molecule has 6 nitrogen and oxygen atoms in total. The number of nitro benzene ring substituents is 1. The van der Waals surface area contributed by atoms with Crippen LogP contribution < -0.4 is 10.1 Å². The van der Waals surface area contributed by atoms with Gasteiger partial charge >= 0.3 is 0 Å². The van der Waals surface area contributed by atoms with Crippen molar-refractivity contribution >= 4 is 5.69 Å². The Morgan fingerprint density at radius 2 is 2.00 bits per heavy atom. The van der Waals surface area contributed by atoms with Crippen molar-refractivity contribution in [3.63, 3.8) is 0 Å². The lowest BCUT2D eigenvalue weighted by molar-refractivity contribution is -0.384. The van der Waals surface area contributed by atoms with Gasteiger partial charge in [0.2, 0.25) is 0 Å². The molecule has 0 bridgehead atoms. The van der Waals surface area contributed by atoms with Gasteiger partial charge in [-0.1, -0.05) is 6.92 Å². The molecule has 118 valence electrons. The minimum absolute atomic E-state index is 0.0706. The van der Waals surface area contributed by atoms with Crippen LogP contribution in [0.1, 0.15) is 33.3 Å². The number of benzene rings is 1. The van der Waals surface area contributed by atoms with Crippen molar-refractivity contribution in [1.82, 2.24) is 5.32 Å². The highest BCUT2D eigenvalue weighted by Gasteiger charge is 2.13. The van der Waals surface area contributed by atoms with E-state index in [1.807, 2.05) is 27.7 Å². The minimum Gasteiger partial charge on any atom is -0.491 e. The van der Waals surface area contributed by atoms with Crippen LogP contribution in [0.3, 0.4) is 0 Å². The summed E-state index contributed by atoms with van der Waals surface area (Å²) >= 11 is 0. The summed E-state index contributed by atoms with van der Waals surface area (Å²) in [7, 11) is 0. The van der Waals surface area contributed by atoms with Crippen molar-refractivity contribution in [2.24, 2.45) is 0 Å². The van der Waals surface area contributed by atoms with Crippen molar-refractivity contribution in [2.45, 2.75) is 39.8 Å². The summed E-state index contributed by atoms with van der Waals surface area (Å²) in [5, 5.41) is 14.0. The Morgan fingerprint density at radius 3 is 2.57 bits per heavy atom. The van der Waals surface area contributed by atoms with Crippen LogP contribution >= 0.6 is 0 Å². The molecule has 6 heteroatoms. The lowest BCUT2D eigenvalue weighted by Crippen LogP contribution is -2.22. The summed E-state index contributed by atoms with van der Waals surface area (Å²) in [6.45, 7) is 10.1. The largest absolute Gasteiger partial charge is 0.491 e. The van der Waals surface area contributed by atoms with E-state index in [0.717, 1.165) is 12.1 Å². The van der Waals surface area contributed by atoms with Gasteiger partial charge in [0.25, 0.3) is 5.69 Å². The average Bonchev–Trinajstić information content (AvgIpc) is 2.40. The van der Waals surface area contributed by atoms with Gasteiger partial charge in [-0.05, 0) is 33.4 Å².